The minimum Gasteiger partial charge on any atom is -0.308 e. The maximum atomic E-state index is 5.31. The van der Waals surface area contributed by atoms with Crippen LogP contribution in [0.1, 0.15) is 0 Å². The first-order chi connectivity index (χ1) is 28.2. The number of para-hydroxylation sites is 2. The third kappa shape index (κ3) is 5.74. The summed E-state index contributed by atoms with van der Waals surface area (Å²) in [5, 5.41) is 7.15. The number of benzene rings is 9. The summed E-state index contributed by atoms with van der Waals surface area (Å²) in [5.41, 5.74) is 10.6. The van der Waals surface area contributed by atoms with Gasteiger partial charge in [-0.15, -0.1) is 0 Å². The molecule has 0 radical (unpaired) electrons. The first-order valence-electron chi connectivity index (χ1n) is 19.3. The molecule has 0 spiro atoms. The van der Waals surface area contributed by atoms with E-state index in [1.807, 2.05) is 0 Å². The smallest absolute Gasteiger partial charge is 0.166 e. The minimum atomic E-state index is 0.609. The van der Waals surface area contributed by atoms with Gasteiger partial charge in [-0.25, -0.2) is 15.0 Å². The summed E-state index contributed by atoms with van der Waals surface area (Å²) in [7, 11) is 0. The topological polar surface area (TPSA) is 43.6 Å². The van der Waals surface area contributed by atoms with Crippen LogP contribution in [0.25, 0.3) is 105 Å². The standard InChI is InChI=1S/C53H34N4/c1-2-13-35(14-3-1)41-31-32-47(50(34-41)57-48-23-10-8-20-45(48)46-21-9-11-24-49(46)57)53-55-51(54-52(56-53)42-30-25-36-15-4-5-17-40(36)33-42)39-28-26-38(27-29-39)44-22-12-18-37-16-6-7-19-43(37)44/h1-34H. The number of nitrogens with zero attached hydrogens (tertiary/aromatic N) is 4. The molecule has 0 aliphatic carbocycles. The molecule has 4 heteroatoms. The third-order valence-corrected chi connectivity index (χ3v) is 11.1. The van der Waals surface area contributed by atoms with E-state index in [0.29, 0.717) is 17.5 Å². The Hall–Kier alpha value is -7.69. The first kappa shape index (κ1) is 32.7. The molecule has 0 fully saturated rings. The van der Waals surface area contributed by atoms with Gasteiger partial charge in [-0.05, 0) is 74.1 Å². The molecule has 0 bridgehead atoms. The van der Waals surface area contributed by atoms with Crippen LogP contribution in [0, 0.1) is 0 Å². The first-order valence-corrected chi connectivity index (χ1v) is 19.3. The Balaban J connectivity index is 1.14. The van der Waals surface area contributed by atoms with Crippen molar-refractivity contribution in [1.82, 2.24) is 19.5 Å². The fourth-order valence-electron chi connectivity index (χ4n) is 8.26. The Morgan fingerprint density at radius 2 is 0.825 bits per heavy atom. The van der Waals surface area contributed by atoms with Crippen LogP contribution in [0.2, 0.25) is 0 Å². The molecule has 2 heterocycles. The second-order valence-electron chi connectivity index (χ2n) is 14.4. The molecule has 0 aliphatic rings. The minimum absolute atomic E-state index is 0.609. The maximum absolute atomic E-state index is 5.31. The van der Waals surface area contributed by atoms with E-state index >= 15 is 0 Å². The zero-order valence-corrected chi connectivity index (χ0v) is 30.9. The zero-order chi connectivity index (χ0) is 37.7. The van der Waals surface area contributed by atoms with Crippen molar-refractivity contribution in [1.29, 1.82) is 0 Å². The molecule has 11 aromatic rings. The normalized spacial score (nSPS) is 11.5. The lowest BCUT2D eigenvalue weighted by Gasteiger charge is -2.16. The number of hydrogen-bond acceptors (Lipinski definition) is 3. The van der Waals surface area contributed by atoms with E-state index in [0.717, 1.165) is 55.5 Å². The predicted molar refractivity (Wildman–Crippen MR) is 236 cm³/mol. The molecular formula is C53H34N4. The van der Waals surface area contributed by atoms with Crippen LogP contribution in [0.5, 0.6) is 0 Å². The average molecular weight is 727 g/mol. The van der Waals surface area contributed by atoms with Crippen molar-refractivity contribution >= 4 is 43.4 Å². The van der Waals surface area contributed by atoms with Crippen molar-refractivity contribution in [2.24, 2.45) is 0 Å². The van der Waals surface area contributed by atoms with Crippen LogP contribution >= 0.6 is 0 Å². The molecule has 11 rings (SSSR count). The molecule has 0 atom stereocenters. The second-order valence-corrected chi connectivity index (χ2v) is 14.4. The van der Waals surface area contributed by atoms with E-state index in [-0.39, 0.29) is 0 Å². The van der Waals surface area contributed by atoms with Crippen molar-refractivity contribution < 1.29 is 0 Å². The molecule has 0 amide bonds. The summed E-state index contributed by atoms with van der Waals surface area (Å²) >= 11 is 0. The molecule has 2 aromatic heterocycles. The maximum Gasteiger partial charge on any atom is 0.166 e. The number of hydrogen-bond donors (Lipinski definition) is 0. The zero-order valence-electron chi connectivity index (χ0n) is 30.9. The molecule has 9 aromatic carbocycles. The van der Waals surface area contributed by atoms with Crippen LogP contribution in [-0.4, -0.2) is 19.5 Å². The van der Waals surface area contributed by atoms with Gasteiger partial charge in [-0.3, -0.25) is 0 Å². The summed E-state index contributed by atoms with van der Waals surface area (Å²) < 4.78 is 2.37. The highest BCUT2D eigenvalue weighted by Crippen LogP contribution is 2.39. The number of aromatic nitrogens is 4. The van der Waals surface area contributed by atoms with E-state index in [1.54, 1.807) is 0 Å². The van der Waals surface area contributed by atoms with E-state index in [4.69, 9.17) is 15.0 Å². The molecule has 0 N–H and O–H groups in total. The molecule has 0 aliphatic heterocycles. The van der Waals surface area contributed by atoms with Crippen LogP contribution in [-0.2, 0) is 0 Å². The Labute approximate surface area is 330 Å². The Kier molecular flexibility index (Phi) is 7.78. The van der Waals surface area contributed by atoms with Crippen molar-refractivity contribution in [3.63, 3.8) is 0 Å². The average Bonchev–Trinajstić information content (AvgIpc) is 3.63. The van der Waals surface area contributed by atoms with Gasteiger partial charge in [0, 0.05) is 27.5 Å². The lowest BCUT2D eigenvalue weighted by atomic mass is 9.97. The lowest BCUT2D eigenvalue weighted by Crippen LogP contribution is -2.04. The fourth-order valence-corrected chi connectivity index (χ4v) is 8.26. The molecule has 4 nitrogen and oxygen atoms in total. The summed E-state index contributed by atoms with van der Waals surface area (Å²) in [6.07, 6.45) is 0. The highest BCUT2D eigenvalue weighted by molar-refractivity contribution is 6.10. The van der Waals surface area contributed by atoms with Gasteiger partial charge in [-0.2, -0.15) is 0 Å². The number of rotatable bonds is 6. The van der Waals surface area contributed by atoms with Crippen LogP contribution in [0.4, 0.5) is 0 Å². The quantitative estimate of drug-likeness (QED) is 0.171. The van der Waals surface area contributed by atoms with Crippen LogP contribution in [0.15, 0.2) is 206 Å². The summed E-state index contributed by atoms with van der Waals surface area (Å²) in [5.74, 6) is 1.85. The Morgan fingerprint density at radius 1 is 0.281 bits per heavy atom. The summed E-state index contributed by atoms with van der Waals surface area (Å²) in [6.45, 7) is 0. The molecule has 0 saturated heterocycles. The highest BCUT2D eigenvalue weighted by Gasteiger charge is 2.20. The van der Waals surface area contributed by atoms with E-state index in [2.05, 4.69) is 211 Å². The largest absolute Gasteiger partial charge is 0.308 e. The van der Waals surface area contributed by atoms with Gasteiger partial charge in [0.15, 0.2) is 17.5 Å². The summed E-state index contributed by atoms with van der Waals surface area (Å²) in [4.78, 5) is 15.8. The van der Waals surface area contributed by atoms with Crippen molar-refractivity contribution in [2.75, 3.05) is 0 Å². The van der Waals surface area contributed by atoms with Gasteiger partial charge in [0.05, 0.1) is 16.7 Å². The van der Waals surface area contributed by atoms with Gasteiger partial charge in [0.2, 0.25) is 0 Å². The van der Waals surface area contributed by atoms with E-state index in [1.165, 1.54) is 32.5 Å². The number of fused-ring (bicyclic) bond motifs is 5. The molecule has 57 heavy (non-hydrogen) atoms. The van der Waals surface area contributed by atoms with E-state index in [9.17, 15) is 0 Å². The Morgan fingerprint density at radius 3 is 1.58 bits per heavy atom. The van der Waals surface area contributed by atoms with Crippen LogP contribution < -0.4 is 0 Å². The lowest BCUT2D eigenvalue weighted by molar-refractivity contribution is 1.06. The van der Waals surface area contributed by atoms with Gasteiger partial charge >= 0.3 is 0 Å². The summed E-state index contributed by atoms with van der Waals surface area (Å²) in [6, 6.07) is 72.9. The molecule has 0 saturated carbocycles. The van der Waals surface area contributed by atoms with Crippen molar-refractivity contribution in [3.8, 4) is 62.1 Å². The van der Waals surface area contributed by atoms with Crippen molar-refractivity contribution in [3.05, 3.63) is 206 Å². The highest BCUT2D eigenvalue weighted by atomic mass is 15.1. The fraction of sp³-hybridized carbons (Fsp3) is 0. The molecule has 0 unspecified atom stereocenters. The monoisotopic (exact) mass is 726 g/mol. The SMILES string of the molecule is c1ccc(-c2ccc(-c3nc(-c4ccc(-c5cccc6ccccc56)cc4)nc(-c4ccc5ccccc5c4)n3)c(-n3c4ccccc4c4ccccc43)c2)cc1. The van der Waals surface area contributed by atoms with Gasteiger partial charge < -0.3 is 4.57 Å². The van der Waals surface area contributed by atoms with Crippen molar-refractivity contribution in [2.45, 2.75) is 0 Å². The molecule has 266 valence electrons. The van der Waals surface area contributed by atoms with E-state index < -0.39 is 0 Å². The van der Waals surface area contributed by atoms with Gasteiger partial charge in [-0.1, -0.05) is 176 Å². The third-order valence-electron chi connectivity index (χ3n) is 11.1. The predicted octanol–water partition coefficient (Wildman–Crippen LogP) is 13.6. The Bertz CT molecular complexity index is 3230. The van der Waals surface area contributed by atoms with Gasteiger partial charge in [0.25, 0.3) is 0 Å². The molecular weight excluding hydrogens is 693 g/mol. The second kappa shape index (κ2) is 13.6. The van der Waals surface area contributed by atoms with Crippen LogP contribution in [0.3, 0.4) is 0 Å². The van der Waals surface area contributed by atoms with Gasteiger partial charge in [0.1, 0.15) is 0 Å².